The summed E-state index contributed by atoms with van der Waals surface area (Å²) in [6.07, 6.45) is 5.17. The molecule has 0 bridgehead atoms. The lowest BCUT2D eigenvalue weighted by molar-refractivity contribution is 0.0509. The lowest BCUT2D eigenvalue weighted by Crippen LogP contribution is -2.37. The van der Waals surface area contributed by atoms with Crippen molar-refractivity contribution in [3.05, 3.63) is 35.7 Å². The summed E-state index contributed by atoms with van der Waals surface area (Å²) in [5, 5.41) is 8.87. The second-order valence-corrected chi connectivity index (χ2v) is 4.26. The average molecular weight is 214 g/mol. The predicted molar refractivity (Wildman–Crippen MR) is 63.1 cm³/mol. The molecule has 2 heteroatoms. The number of hydrogen-bond acceptors (Lipinski definition) is 2. The summed E-state index contributed by atoms with van der Waals surface area (Å²) in [7, 11) is 0. The number of nitrogens with zero attached hydrogens (tertiary/aromatic N) is 1. The Labute approximate surface area is 96.9 Å². The first-order valence-corrected chi connectivity index (χ1v) is 5.79. The van der Waals surface area contributed by atoms with Crippen molar-refractivity contribution >= 4 is 0 Å². The van der Waals surface area contributed by atoms with E-state index in [9.17, 15) is 0 Å². The highest BCUT2D eigenvalue weighted by molar-refractivity contribution is 5.47. The van der Waals surface area contributed by atoms with E-state index in [1.807, 2.05) is 18.2 Å². The van der Waals surface area contributed by atoms with E-state index in [4.69, 9.17) is 10.00 Å². The number of fused-ring (bicyclic) bond motifs is 1. The highest BCUT2D eigenvalue weighted by atomic mass is 16.5. The summed E-state index contributed by atoms with van der Waals surface area (Å²) in [6, 6.07) is 7.78. The fraction of sp³-hybridized carbons (Fsp3) is 0.429. The van der Waals surface area contributed by atoms with Crippen LogP contribution >= 0.6 is 0 Å². The number of benzene rings is 1. The number of hydrogen-bond donors (Lipinski definition) is 0. The van der Waals surface area contributed by atoms with Crippen molar-refractivity contribution in [3.8, 4) is 11.8 Å². The molecular formula is C14H16NO. The standard InChI is InChI=1S/C14H16NO/c1-3-14(4-2)8-7-12-6-5-11(10-15)9-13(12)16-14/h5-7,9H,3-4,8H2,1-2H3. The van der Waals surface area contributed by atoms with Gasteiger partial charge < -0.3 is 4.74 Å². The first-order valence-electron chi connectivity index (χ1n) is 5.79. The Bertz CT molecular complexity index is 427. The van der Waals surface area contributed by atoms with Gasteiger partial charge in [0.2, 0.25) is 0 Å². The molecule has 1 radical (unpaired) electrons. The summed E-state index contributed by atoms with van der Waals surface area (Å²) < 4.78 is 6.08. The van der Waals surface area contributed by atoms with Gasteiger partial charge in [-0.1, -0.05) is 19.9 Å². The zero-order valence-corrected chi connectivity index (χ0v) is 9.79. The SMILES string of the molecule is CCC1(CC)C[CH]c2ccc(C#N)cc2O1. The van der Waals surface area contributed by atoms with Gasteiger partial charge in [0.15, 0.2) is 0 Å². The van der Waals surface area contributed by atoms with Crippen LogP contribution in [0.1, 0.15) is 44.2 Å². The van der Waals surface area contributed by atoms with E-state index in [-0.39, 0.29) is 5.60 Å². The molecule has 0 atom stereocenters. The molecule has 2 nitrogen and oxygen atoms in total. The van der Waals surface area contributed by atoms with Gasteiger partial charge in [-0.2, -0.15) is 5.26 Å². The molecule has 0 saturated heterocycles. The van der Waals surface area contributed by atoms with Crippen molar-refractivity contribution < 1.29 is 4.74 Å². The van der Waals surface area contributed by atoms with Gasteiger partial charge in [-0.3, -0.25) is 0 Å². The summed E-state index contributed by atoms with van der Waals surface area (Å²) in [5.41, 5.74) is 1.70. The Hall–Kier alpha value is -1.49. The molecule has 0 unspecified atom stereocenters. The van der Waals surface area contributed by atoms with Crippen molar-refractivity contribution in [2.45, 2.75) is 38.7 Å². The largest absolute Gasteiger partial charge is 0.487 e. The molecule has 0 spiro atoms. The van der Waals surface area contributed by atoms with E-state index in [0.717, 1.165) is 30.6 Å². The van der Waals surface area contributed by atoms with Gasteiger partial charge in [-0.05, 0) is 43.4 Å². The Kier molecular flexibility index (Phi) is 2.87. The van der Waals surface area contributed by atoms with Gasteiger partial charge in [-0.25, -0.2) is 0 Å². The Morgan fingerprint density at radius 2 is 2.12 bits per heavy atom. The number of ether oxygens (including phenoxy) is 1. The lowest BCUT2D eigenvalue weighted by Gasteiger charge is -2.37. The van der Waals surface area contributed by atoms with Crippen LogP contribution in [0.2, 0.25) is 0 Å². The lowest BCUT2D eigenvalue weighted by atomic mass is 9.86. The molecule has 0 aliphatic carbocycles. The second-order valence-electron chi connectivity index (χ2n) is 4.26. The third-order valence-corrected chi connectivity index (χ3v) is 3.45. The molecule has 0 aromatic heterocycles. The molecule has 0 amide bonds. The van der Waals surface area contributed by atoms with Crippen LogP contribution in [-0.2, 0) is 0 Å². The summed E-state index contributed by atoms with van der Waals surface area (Å²) in [5.74, 6) is 0.856. The maximum Gasteiger partial charge on any atom is 0.124 e. The van der Waals surface area contributed by atoms with Crippen molar-refractivity contribution in [2.75, 3.05) is 0 Å². The first kappa shape index (κ1) is 11.0. The third-order valence-electron chi connectivity index (χ3n) is 3.45. The van der Waals surface area contributed by atoms with Crippen LogP contribution in [-0.4, -0.2) is 5.60 Å². The fourth-order valence-electron chi connectivity index (χ4n) is 2.11. The minimum Gasteiger partial charge on any atom is -0.487 e. The molecule has 1 aromatic carbocycles. The van der Waals surface area contributed by atoms with E-state index in [1.165, 1.54) is 0 Å². The zero-order valence-electron chi connectivity index (χ0n) is 9.79. The summed E-state index contributed by atoms with van der Waals surface area (Å²) >= 11 is 0. The molecule has 1 aliphatic rings. The van der Waals surface area contributed by atoms with Crippen LogP contribution in [0, 0.1) is 17.8 Å². The van der Waals surface area contributed by atoms with Crippen LogP contribution in [0.5, 0.6) is 5.75 Å². The topological polar surface area (TPSA) is 33.0 Å². The van der Waals surface area contributed by atoms with Gasteiger partial charge in [-0.15, -0.1) is 0 Å². The minimum atomic E-state index is -0.0684. The molecule has 1 aromatic rings. The molecule has 0 fully saturated rings. The van der Waals surface area contributed by atoms with E-state index in [1.54, 1.807) is 0 Å². The van der Waals surface area contributed by atoms with Crippen molar-refractivity contribution in [1.82, 2.24) is 0 Å². The minimum absolute atomic E-state index is 0.0684. The summed E-state index contributed by atoms with van der Waals surface area (Å²) in [4.78, 5) is 0. The second kappa shape index (κ2) is 4.17. The number of rotatable bonds is 2. The summed E-state index contributed by atoms with van der Waals surface area (Å²) in [6.45, 7) is 4.30. The van der Waals surface area contributed by atoms with Crippen LogP contribution < -0.4 is 4.74 Å². The highest BCUT2D eigenvalue weighted by Crippen LogP contribution is 2.38. The molecular weight excluding hydrogens is 198 g/mol. The van der Waals surface area contributed by atoms with E-state index in [2.05, 4.69) is 26.3 Å². The van der Waals surface area contributed by atoms with Crippen molar-refractivity contribution in [3.63, 3.8) is 0 Å². The molecule has 1 aliphatic heterocycles. The molecule has 1 heterocycles. The molecule has 0 saturated carbocycles. The van der Waals surface area contributed by atoms with E-state index < -0.39 is 0 Å². The van der Waals surface area contributed by atoms with Crippen LogP contribution in [0.4, 0.5) is 0 Å². The maximum absolute atomic E-state index is 8.87. The Balaban J connectivity index is 2.35. The Morgan fingerprint density at radius 3 is 2.75 bits per heavy atom. The number of nitriles is 1. The van der Waals surface area contributed by atoms with Crippen LogP contribution in [0.3, 0.4) is 0 Å². The zero-order chi connectivity index (χ0) is 11.6. The highest BCUT2D eigenvalue weighted by Gasteiger charge is 2.32. The Morgan fingerprint density at radius 1 is 1.38 bits per heavy atom. The third kappa shape index (κ3) is 1.78. The van der Waals surface area contributed by atoms with Crippen LogP contribution in [0.15, 0.2) is 18.2 Å². The van der Waals surface area contributed by atoms with Gasteiger partial charge >= 0.3 is 0 Å². The predicted octanol–water partition coefficient (Wildman–Crippen LogP) is 3.45. The fourth-order valence-corrected chi connectivity index (χ4v) is 2.11. The van der Waals surface area contributed by atoms with Gasteiger partial charge in [0.25, 0.3) is 0 Å². The quantitative estimate of drug-likeness (QED) is 0.755. The smallest absolute Gasteiger partial charge is 0.124 e. The van der Waals surface area contributed by atoms with E-state index >= 15 is 0 Å². The monoisotopic (exact) mass is 214 g/mol. The molecule has 16 heavy (non-hydrogen) atoms. The van der Waals surface area contributed by atoms with Gasteiger partial charge in [0.05, 0.1) is 11.6 Å². The van der Waals surface area contributed by atoms with Crippen molar-refractivity contribution in [2.24, 2.45) is 0 Å². The van der Waals surface area contributed by atoms with E-state index in [0.29, 0.717) is 5.56 Å². The molecule has 0 N–H and O–H groups in total. The molecule has 83 valence electrons. The van der Waals surface area contributed by atoms with Gasteiger partial charge in [0, 0.05) is 0 Å². The molecule has 2 rings (SSSR count). The van der Waals surface area contributed by atoms with Crippen LogP contribution in [0.25, 0.3) is 0 Å². The normalized spacial score (nSPS) is 17.1. The van der Waals surface area contributed by atoms with Crippen molar-refractivity contribution in [1.29, 1.82) is 5.26 Å². The first-order chi connectivity index (χ1) is 7.73. The maximum atomic E-state index is 8.87. The van der Waals surface area contributed by atoms with Gasteiger partial charge in [0.1, 0.15) is 11.4 Å². The average Bonchev–Trinajstić information content (AvgIpc) is 2.37.